The van der Waals surface area contributed by atoms with Crippen LogP contribution >= 0.6 is 0 Å². The first kappa shape index (κ1) is 39.7. The second-order valence-electron chi connectivity index (χ2n) is 21.3. The van der Waals surface area contributed by atoms with Gasteiger partial charge in [-0.1, -0.05) is 53.9 Å². The van der Waals surface area contributed by atoms with E-state index < -0.39 is 0 Å². The number of fused-ring (bicyclic) bond motifs is 12. The van der Waals surface area contributed by atoms with E-state index in [-0.39, 0.29) is 28.6 Å². The van der Waals surface area contributed by atoms with E-state index >= 15 is 0 Å². The fraction of sp³-hybridized carbons (Fsp3) is 0.957. The molecule has 8 saturated carbocycles. The molecule has 7 nitrogen and oxygen atoms in total. The van der Waals surface area contributed by atoms with Crippen molar-refractivity contribution in [3.8, 4) is 0 Å². The fourth-order valence-corrected chi connectivity index (χ4v) is 17.0. The molecule has 0 amide bonds. The number of hydrogen-bond donors (Lipinski definition) is 0. The molecule has 10 aliphatic rings. The average molecular weight is 751 g/mol. The number of ether oxygens (including phenoxy) is 4. The average Bonchev–Trinajstić information content (AvgIpc) is 3.91. The van der Waals surface area contributed by atoms with Gasteiger partial charge in [0.2, 0.25) is 0 Å². The van der Waals surface area contributed by atoms with Crippen molar-refractivity contribution in [2.24, 2.45) is 74.9 Å². The number of rotatable bonds is 1. The lowest BCUT2D eigenvalue weighted by molar-refractivity contribution is -0.246. The minimum Gasteiger partial charge on any atom is -0.347 e. The minimum absolute atomic E-state index is 0.203. The lowest BCUT2D eigenvalue weighted by Crippen LogP contribution is -2.55. The topological polar surface area (TPSA) is 88.1 Å². The van der Waals surface area contributed by atoms with Gasteiger partial charge in [-0.3, -0.25) is 4.79 Å². The number of carbonyl (C=O) groups excluding carboxylic acids is 3. The zero-order chi connectivity index (χ0) is 38.0. The van der Waals surface area contributed by atoms with Gasteiger partial charge in [0.1, 0.15) is 5.78 Å². The second-order valence-corrected chi connectivity index (χ2v) is 21.3. The molecule has 2 spiro atoms. The Hall–Kier alpha value is -1.11. The summed E-state index contributed by atoms with van der Waals surface area (Å²) in [5.41, 5.74) is 1.48. The normalized spacial score (nSPS) is 49.6. The Bertz CT molecular complexity index is 1390. The van der Waals surface area contributed by atoms with Crippen LogP contribution in [-0.4, -0.2) is 49.9 Å². The summed E-state index contributed by atoms with van der Waals surface area (Å²) in [6.07, 6.45) is 27.5. The summed E-state index contributed by atoms with van der Waals surface area (Å²) in [5.74, 6) is 7.78. The molecule has 0 N–H and O–H groups in total. The van der Waals surface area contributed by atoms with Gasteiger partial charge < -0.3 is 18.9 Å². The third-order valence-electron chi connectivity index (χ3n) is 19.9. The van der Waals surface area contributed by atoms with E-state index in [2.05, 4.69) is 34.6 Å². The van der Waals surface area contributed by atoms with Gasteiger partial charge in [0.25, 0.3) is 0 Å². The van der Waals surface area contributed by atoms with Gasteiger partial charge in [-0.15, -0.1) is 0 Å². The van der Waals surface area contributed by atoms with Crippen molar-refractivity contribution in [1.82, 2.24) is 0 Å². The molecular formula is C47H74O7. The molecule has 7 heteroatoms. The Morgan fingerprint density at radius 3 is 1.56 bits per heavy atom. The lowest BCUT2D eigenvalue weighted by atomic mass is 9.46. The van der Waals surface area contributed by atoms with E-state index in [1.165, 1.54) is 103 Å². The highest BCUT2D eigenvalue weighted by Gasteiger charge is 2.68. The van der Waals surface area contributed by atoms with Crippen LogP contribution in [0.3, 0.4) is 0 Å². The SMILES string of the molecule is CCC1CCC[C@@]2(C)[C@@H](CC[C@@H]3[C@@H]2CC[C@@]2(C)[C@H]3CCC23OCCO3)C1.C[C@]12CCCC(=O)C[C@@H]1CC[C@@H]1[C@@H]2CC[C@@]2(C)[C@H]1CCC21OCCO1.O=C=O. The first-order chi connectivity index (χ1) is 25.9. The van der Waals surface area contributed by atoms with Crippen LogP contribution in [0.1, 0.15) is 169 Å². The maximum absolute atomic E-state index is 12.2. The van der Waals surface area contributed by atoms with E-state index in [1.54, 1.807) is 0 Å². The Morgan fingerprint density at radius 1 is 0.574 bits per heavy atom. The molecule has 10 fully saturated rings. The van der Waals surface area contributed by atoms with Crippen LogP contribution in [0.5, 0.6) is 0 Å². The molecule has 8 aliphatic carbocycles. The summed E-state index contributed by atoms with van der Waals surface area (Å²) in [5, 5.41) is 0. The quantitative estimate of drug-likeness (QED) is 0.264. The summed E-state index contributed by atoms with van der Waals surface area (Å²) >= 11 is 0. The Morgan fingerprint density at radius 2 is 1.04 bits per heavy atom. The third-order valence-corrected chi connectivity index (χ3v) is 19.9. The molecule has 0 aromatic rings. The van der Waals surface area contributed by atoms with Gasteiger partial charge >= 0.3 is 6.15 Å². The maximum Gasteiger partial charge on any atom is 0.373 e. The lowest BCUT2D eigenvalue weighted by Gasteiger charge is -2.59. The molecule has 2 heterocycles. The van der Waals surface area contributed by atoms with Crippen LogP contribution in [0, 0.1) is 74.9 Å². The van der Waals surface area contributed by atoms with E-state index in [4.69, 9.17) is 28.5 Å². The number of hydrogen-bond acceptors (Lipinski definition) is 7. The van der Waals surface area contributed by atoms with Crippen molar-refractivity contribution in [2.75, 3.05) is 26.4 Å². The first-order valence-electron chi connectivity index (χ1n) is 23.0. The summed E-state index contributed by atoms with van der Waals surface area (Å²) < 4.78 is 25.1. The highest BCUT2D eigenvalue weighted by molar-refractivity contribution is 5.79. The number of Topliss-reactive ketones (excluding diaryl/α,β-unsaturated/α-hetero) is 1. The Balaban J connectivity index is 0.000000143. The summed E-state index contributed by atoms with van der Waals surface area (Å²) in [7, 11) is 0. The van der Waals surface area contributed by atoms with E-state index in [0.29, 0.717) is 22.5 Å². The predicted molar refractivity (Wildman–Crippen MR) is 206 cm³/mol. The monoisotopic (exact) mass is 751 g/mol. The van der Waals surface area contributed by atoms with Crippen LogP contribution < -0.4 is 0 Å². The van der Waals surface area contributed by atoms with E-state index in [1.807, 2.05) is 0 Å². The first-order valence-corrected chi connectivity index (χ1v) is 23.0. The maximum atomic E-state index is 12.2. The smallest absolute Gasteiger partial charge is 0.347 e. The van der Waals surface area contributed by atoms with Gasteiger partial charge in [0.15, 0.2) is 11.6 Å². The van der Waals surface area contributed by atoms with Crippen LogP contribution in [0.25, 0.3) is 0 Å². The van der Waals surface area contributed by atoms with Gasteiger partial charge in [-0.2, -0.15) is 9.59 Å². The molecular weight excluding hydrogens is 677 g/mol. The molecule has 13 atom stereocenters. The zero-order valence-electron chi connectivity index (χ0n) is 34.7. The number of carbonyl (C=O) groups is 1. The minimum atomic E-state index is -0.278. The van der Waals surface area contributed by atoms with Crippen molar-refractivity contribution in [1.29, 1.82) is 0 Å². The van der Waals surface area contributed by atoms with Crippen molar-refractivity contribution in [3.63, 3.8) is 0 Å². The van der Waals surface area contributed by atoms with Gasteiger partial charge in [0.05, 0.1) is 26.4 Å². The van der Waals surface area contributed by atoms with Crippen LogP contribution in [0.15, 0.2) is 0 Å². The van der Waals surface area contributed by atoms with Gasteiger partial charge in [-0.05, 0) is 154 Å². The largest absolute Gasteiger partial charge is 0.373 e. The summed E-state index contributed by atoms with van der Waals surface area (Å²) in [4.78, 5) is 28.5. The van der Waals surface area contributed by atoms with Gasteiger partial charge in [0, 0.05) is 36.5 Å². The van der Waals surface area contributed by atoms with Crippen molar-refractivity contribution in [3.05, 3.63) is 0 Å². The van der Waals surface area contributed by atoms with Crippen LogP contribution in [-0.2, 0) is 33.3 Å². The molecule has 10 rings (SSSR count). The predicted octanol–water partition coefficient (Wildman–Crippen LogP) is 10.3. The highest BCUT2D eigenvalue weighted by Crippen LogP contribution is 2.71. The van der Waals surface area contributed by atoms with Crippen LogP contribution in [0.2, 0.25) is 0 Å². The summed E-state index contributed by atoms with van der Waals surface area (Å²) in [6, 6.07) is 0. The molecule has 2 saturated heterocycles. The van der Waals surface area contributed by atoms with E-state index in [9.17, 15) is 4.79 Å². The van der Waals surface area contributed by atoms with E-state index in [0.717, 1.165) is 106 Å². The van der Waals surface area contributed by atoms with Gasteiger partial charge in [-0.25, -0.2) is 0 Å². The van der Waals surface area contributed by atoms with Crippen LogP contribution in [0.4, 0.5) is 0 Å². The molecule has 1 unspecified atom stereocenters. The molecule has 0 aromatic heterocycles. The Kier molecular flexibility index (Phi) is 11.0. The molecule has 0 aromatic carbocycles. The van der Waals surface area contributed by atoms with Crippen molar-refractivity contribution < 1.29 is 33.3 Å². The molecule has 304 valence electrons. The Labute approximate surface area is 326 Å². The number of ketones is 1. The standard InChI is InChI=1S/C24H40O2.C22H34O3.CO2/c1-4-17-6-5-11-22(2)18(16-17)7-8-19-20(22)9-12-23(3)21(19)10-13-24(23)25-14-15-26-24;1-20-9-3-4-16(23)14-15(20)5-6-17-18(20)7-10-21(2)19(17)8-11-22(21)24-12-13-25-22;2-1-3/h17-21H,4-16H2,1-3H3;15,17-19H,3-14H2,1-2H3;/t17?,18-,19+,20-,21-,22-,23-;15-,17+,18-,19-,20-,21-;/m00./s1. The molecule has 54 heavy (non-hydrogen) atoms. The summed E-state index contributed by atoms with van der Waals surface area (Å²) in [6.45, 7) is 15.9. The zero-order valence-corrected chi connectivity index (χ0v) is 34.7. The molecule has 0 radical (unpaired) electrons. The third kappa shape index (κ3) is 6.03. The second kappa shape index (κ2) is 14.9. The van der Waals surface area contributed by atoms with Crippen molar-refractivity contribution in [2.45, 2.75) is 181 Å². The van der Waals surface area contributed by atoms with Crippen molar-refractivity contribution >= 4 is 11.9 Å². The fourth-order valence-electron chi connectivity index (χ4n) is 17.0. The molecule has 0 bridgehead atoms. The molecule has 2 aliphatic heterocycles. The highest BCUT2D eigenvalue weighted by atomic mass is 16.7.